The van der Waals surface area contributed by atoms with Crippen molar-refractivity contribution in [2.24, 2.45) is 0 Å². The SMILES string of the molecule is Cc1ccc(S(=O)(=O)N2CCC(O)C2(C)C)cc1. The van der Waals surface area contributed by atoms with Crippen molar-refractivity contribution in [1.29, 1.82) is 0 Å². The average Bonchev–Trinajstić information content (AvgIpc) is 2.55. The number of sulfonamides is 1. The summed E-state index contributed by atoms with van der Waals surface area (Å²) in [4.78, 5) is 0.287. The van der Waals surface area contributed by atoms with E-state index in [-0.39, 0.29) is 4.90 Å². The van der Waals surface area contributed by atoms with E-state index in [0.717, 1.165) is 5.56 Å². The van der Waals surface area contributed by atoms with E-state index in [2.05, 4.69) is 0 Å². The Kier molecular flexibility index (Phi) is 3.25. The molecular weight excluding hydrogens is 250 g/mol. The second kappa shape index (κ2) is 4.33. The van der Waals surface area contributed by atoms with Crippen LogP contribution in [0.2, 0.25) is 0 Å². The molecule has 1 unspecified atom stereocenters. The van der Waals surface area contributed by atoms with Crippen LogP contribution in [0.5, 0.6) is 0 Å². The molecule has 1 heterocycles. The van der Waals surface area contributed by atoms with Gasteiger partial charge in [-0.1, -0.05) is 17.7 Å². The first-order chi connectivity index (χ1) is 8.26. The molecule has 0 saturated carbocycles. The molecule has 1 aliphatic heterocycles. The van der Waals surface area contributed by atoms with Crippen LogP contribution in [-0.4, -0.2) is 36.0 Å². The molecule has 1 aromatic rings. The zero-order valence-electron chi connectivity index (χ0n) is 10.9. The number of aliphatic hydroxyl groups is 1. The lowest BCUT2D eigenvalue weighted by Gasteiger charge is -2.32. The van der Waals surface area contributed by atoms with Crippen molar-refractivity contribution in [1.82, 2.24) is 4.31 Å². The fourth-order valence-corrected chi connectivity index (χ4v) is 4.14. The number of nitrogens with zero attached hydrogens (tertiary/aromatic N) is 1. The van der Waals surface area contributed by atoms with E-state index >= 15 is 0 Å². The molecule has 1 atom stereocenters. The van der Waals surface area contributed by atoms with Crippen LogP contribution >= 0.6 is 0 Å². The number of benzene rings is 1. The molecule has 1 saturated heterocycles. The topological polar surface area (TPSA) is 57.6 Å². The van der Waals surface area contributed by atoms with Gasteiger partial charge in [0, 0.05) is 6.54 Å². The van der Waals surface area contributed by atoms with Crippen molar-refractivity contribution >= 4 is 10.0 Å². The van der Waals surface area contributed by atoms with Crippen molar-refractivity contribution in [2.45, 2.75) is 43.7 Å². The third-order valence-electron chi connectivity index (χ3n) is 3.67. The fraction of sp³-hybridized carbons (Fsp3) is 0.538. The summed E-state index contributed by atoms with van der Waals surface area (Å²) in [6, 6.07) is 6.80. The second-order valence-electron chi connectivity index (χ2n) is 5.35. The number of hydrogen-bond donors (Lipinski definition) is 1. The zero-order chi connectivity index (χ0) is 13.6. The molecule has 0 aromatic heterocycles. The Morgan fingerprint density at radius 3 is 2.28 bits per heavy atom. The molecule has 1 fully saturated rings. The minimum Gasteiger partial charge on any atom is -0.391 e. The van der Waals surface area contributed by atoms with E-state index in [9.17, 15) is 13.5 Å². The van der Waals surface area contributed by atoms with Gasteiger partial charge in [0.25, 0.3) is 0 Å². The molecule has 0 aliphatic carbocycles. The molecular formula is C13H19NO3S. The van der Waals surface area contributed by atoms with Gasteiger partial charge in [-0.05, 0) is 39.3 Å². The van der Waals surface area contributed by atoms with Crippen LogP contribution in [0.15, 0.2) is 29.2 Å². The van der Waals surface area contributed by atoms with E-state index in [4.69, 9.17) is 0 Å². The van der Waals surface area contributed by atoms with E-state index in [1.165, 1.54) is 4.31 Å². The summed E-state index contributed by atoms with van der Waals surface area (Å²) in [5.74, 6) is 0. The van der Waals surface area contributed by atoms with Gasteiger partial charge in [0.2, 0.25) is 10.0 Å². The summed E-state index contributed by atoms with van der Waals surface area (Å²) in [5.41, 5.74) is 0.277. The molecule has 2 rings (SSSR count). The highest BCUT2D eigenvalue weighted by Gasteiger charge is 2.46. The summed E-state index contributed by atoms with van der Waals surface area (Å²) >= 11 is 0. The van der Waals surface area contributed by atoms with Gasteiger partial charge in [0.15, 0.2) is 0 Å². The van der Waals surface area contributed by atoms with Gasteiger partial charge in [-0.25, -0.2) is 8.42 Å². The molecule has 1 aromatic carbocycles. The van der Waals surface area contributed by atoms with Crippen molar-refractivity contribution in [3.8, 4) is 0 Å². The van der Waals surface area contributed by atoms with Gasteiger partial charge < -0.3 is 5.11 Å². The lowest BCUT2D eigenvalue weighted by Crippen LogP contribution is -2.47. The molecule has 0 radical (unpaired) electrons. The maximum absolute atomic E-state index is 12.5. The van der Waals surface area contributed by atoms with Crippen LogP contribution in [0.25, 0.3) is 0 Å². The predicted octanol–water partition coefficient (Wildman–Crippen LogP) is 1.53. The Balaban J connectivity index is 2.41. The highest BCUT2D eigenvalue weighted by atomic mass is 32.2. The number of rotatable bonds is 2. The average molecular weight is 269 g/mol. The molecule has 5 heteroatoms. The minimum absolute atomic E-state index is 0.287. The van der Waals surface area contributed by atoms with Crippen molar-refractivity contribution in [2.75, 3.05) is 6.54 Å². The van der Waals surface area contributed by atoms with Gasteiger partial charge >= 0.3 is 0 Å². The van der Waals surface area contributed by atoms with E-state index in [1.54, 1.807) is 38.1 Å². The summed E-state index contributed by atoms with van der Waals surface area (Å²) in [5, 5.41) is 9.88. The van der Waals surface area contributed by atoms with Crippen LogP contribution < -0.4 is 0 Å². The Morgan fingerprint density at radius 1 is 1.28 bits per heavy atom. The highest BCUT2D eigenvalue weighted by Crippen LogP contribution is 2.34. The van der Waals surface area contributed by atoms with Crippen LogP contribution in [0.1, 0.15) is 25.8 Å². The lowest BCUT2D eigenvalue weighted by molar-refractivity contribution is 0.0901. The van der Waals surface area contributed by atoms with Crippen LogP contribution in [-0.2, 0) is 10.0 Å². The summed E-state index contributed by atoms with van der Waals surface area (Å²) in [6.07, 6.45) is -0.129. The molecule has 4 nitrogen and oxygen atoms in total. The molecule has 0 amide bonds. The lowest BCUT2D eigenvalue weighted by atomic mass is 10.0. The Labute approximate surface area is 108 Å². The van der Waals surface area contributed by atoms with E-state index < -0.39 is 21.7 Å². The quantitative estimate of drug-likeness (QED) is 0.886. The third kappa shape index (κ3) is 2.06. The molecule has 0 spiro atoms. The zero-order valence-corrected chi connectivity index (χ0v) is 11.7. The fourth-order valence-electron chi connectivity index (χ4n) is 2.31. The second-order valence-corrected chi connectivity index (χ2v) is 7.21. The van der Waals surface area contributed by atoms with Crippen molar-refractivity contribution in [3.63, 3.8) is 0 Å². The normalized spacial score (nSPS) is 24.3. The first kappa shape index (κ1) is 13.5. The van der Waals surface area contributed by atoms with Gasteiger partial charge in [-0.15, -0.1) is 0 Å². The van der Waals surface area contributed by atoms with Gasteiger partial charge in [0.1, 0.15) is 0 Å². The van der Waals surface area contributed by atoms with Crippen LogP contribution in [0, 0.1) is 6.92 Å². The van der Waals surface area contributed by atoms with Gasteiger partial charge in [-0.2, -0.15) is 4.31 Å². The van der Waals surface area contributed by atoms with E-state index in [0.29, 0.717) is 13.0 Å². The number of aliphatic hydroxyl groups excluding tert-OH is 1. The summed E-state index contributed by atoms with van der Waals surface area (Å²) < 4.78 is 26.4. The molecule has 1 N–H and O–H groups in total. The number of aryl methyl sites for hydroxylation is 1. The first-order valence-corrected chi connectivity index (χ1v) is 7.48. The largest absolute Gasteiger partial charge is 0.391 e. The van der Waals surface area contributed by atoms with Crippen LogP contribution in [0.3, 0.4) is 0 Å². The minimum atomic E-state index is -3.52. The number of hydrogen-bond acceptors (Lipinski definition) is 3. The standard InChI is InChI=1S/C13H19NO3S/c1-10-4-6-11(7-5-10)18(16,17)14-9-8-12(15)13(14,2)3/h4-7,12,15H,8-9H2,1-3H3. The highest BCUT2D eigenvalue weighted by molar-refractivity contribution is 7.89. The molecule has 0 bridgehead atoms. The molecule has 18 heavy (non-hydrogen) atoms. The maximum Gasteiger partial charge on any atom is 0.243 e. The van der Waals surface area contributed by atoms with Gasteiger partial charge in [-0.3, -0.25) is 0 Å². The van der Waals surface area contributed by atoms with Crippen molar-refractivity contribution < 1.29 is 13.5 Å². The molecule has 1 aliphatic rings. The third-order valence-corrected chi connectivity index (χ3v) is 5.77. The van der Waals surface area contributed by atoms with Crippen LogP contribution in [0.4, 0.5) is 0 Å². The summed E-state index contributed by atoms with van der Waals surface area (Å²) in [6.45, 7) is 5.80. The maximum atomic E-state index is 12.5. The molecule has 100 valence electrons. The summed E-state index contributed by atoms with van der Waals surface area (Å²) in [7, 11) is -3.52. The smallest absolute Gasteiger partial charge is 0.243 e. The Hall–Kier alpha value is -0.910. The van der Waals surface area contributed by atoms with Gasteiger partial charge in [0.05, 0.1) is 16.5 Å². The van der Waals surface area contributed by atoms with Crippen molar-refractivity contribution in [3.05, 3.63) is 29.8 Å². The predicted molar refractivity (Wildman–Crippen MR) is 69.8 cm³/mol. The van der Waals surface area contributed by atoms with E-state index in [1.807, 2.05) is 6.92 Å². The Bertz CT molecular complexity index is 534. The Morgan fingerprint density at radius 2 is 1.83 bits per heavy atom. The first-order valence-electron chi connectivity index (χ1n) is 6.04. The monoisotopic (exact) mass is 269 g/mol.